The molecule has 1 atom stereocenters. The van der Waals surface area contributed by atoms with E-state index < -0.39 is 30.0 Å². The van der Waals surface area contributed by atoms with Crippen LogP contribution in [0, 0.1) is 5.82 Å². The lowest BCUT2D eigenvalue weighted by Crippen LogP contribution is -2.25. The minimum Gasteiger partial charge on any atom is -0.493 e. The van der Waals surface area contributed by atoms with Crippen LogP contribution in [0.3, 0.4) is 0 Å². The highest BCUT2D eigenvalue weighted by atomic mass is 35.5. The standard InChI is InChI=1S/C20H14Cl2FN3O3/c21-12-2-3-13-11(8-24-16(13)7-12)6-17-19(28)26(20(29)25-17)18(9-27)10-1-4-14(22)15(23)5-10/h1-8,18,27-28H,9H2,(H,25,29)/b11-6+. The first-order valence-electron chi connectivity index (χ1n) is 8.54. The number of aromatic nitrogens is 2. The number of allylic oxidation sites excluding steroid dienone is 1. The number of aromatic amines is 1. The molecule has 9 heteroatoms. The van der Waals surface area contributed by atoms with Crippen molar-refractivity contribution in [2.24, 2.45) is 4.99 Å². The molecule has 0 spiro atoms. The van der Waals surface area contributed by atoms with Gasteiger partial charge in [-0.1, -0.05) is 35.3 Å². The van der Waals surface area contributed by atoms with Crippen LogP contribution in [-0.4, -0.2) is 32.6 Å². The minimum atomic E-state index is -0.999. The highest BCUT2D eigenvalue weighted by Crippen LogP contribution is 2.35. The first-order chi connectivity index (χ1) is 13.9. The Bertz CT molecular complexity index is 1230. The summed E-state index contributed by atoms with van der Waals surface area (Å²) < 4.78 is 14.8. The number of imidazole rings is 1. The van der Waals surface area contributed by atoms with E-state index in [1.165, 1.54) is 12.1 Å². The van der Waals surface area contributed by atoms with Gasteiger partial charge in [0.05, 0.1) is 23.4 Å². The number of nitrogens with one attached hydrogen (secondary N) is 1. The molecule has 3 N–H and O–H groups in total. The fourth-order valence-corrected chi connectivity index (χ4v) is 3.52. The number of aromatic hydroxyl groups is 1. The summed E-state index contributed by atoms with van der Waals surface area (Å²) in [5.41, 5.74) is 1.89. The van der Waals surface area contributed by atoms with Gasteiger partial charge in [-0.2, -0.15) is 0 Å². The van der Waals surface area contributed by atoms with Crippen LogP contribution in [0.2, 0.25) is 10.0 Å². The largest absolute Gasteiger partial charge is 0.493 e. The molecule has 0 saturated heterocycles. The molecule has 6 nitrogen and oxygen atoms in total. The number of aliphatic imine (C=N–C) groups is 1. The topological polar surface area (TPSA) is 90.6 Å². The van der Waals surface area contributed by atoms with Crippen molar-refractivity contribution < 1.29 is 14.6 Å². The fraction of sp³-hybridized carbons (Fsp3) is 0.100. The van der Waals surface area contributed by atoms with Crippen molar-refractivity contribution in [3.05, 3.63) is 79.6 Å². The molecule has 0 aliphatic carbocycles. The van der Waals surface area contributed by atoms with Crippen molar-refractivity contribution in [1.82, 2.24) is 9.55 Å². The van der Waals surface area contributed by atoms with E-state index in [-0.39, 0.29) is 16.3 Å². The Balaban J connectivity index is 1.77. The van der Waals surface area contributed by atoms with Crippen LogP contribution in [0.15, 0.2) is 46.2 Å². The van der Waals surface area contributed by atoms with E-state index in [0.29, 0.717) is 16.3 Å². The van der Waals surface area contributed by atoms with Crippen molar-refractivity contribution in [1.29, 1.82) is 0 Å². The van der Waals surface area contributed by atoms with Gasteiger partial charge in [-0.25, -0.2) is 9.18 Å². The van der Waals surface area contributed by atoms with Gasteiger partial charge in [0, 0.05) is 22.4 Å². The second kappa shape index (κ2) is 7.51. The fourth-order valence-electron chi connectivity index (χ4n) is 3.24. The molecule has 0 radical (unpaired) electrons. The number of aliphatic hydroxyl groups excluding tert-OH is 1. The number of H-pyrrole nitrogens is 1. The van der Waals surface area contributed by atoms with Crippen molar-refractivity contribution in [3.63, 3.8) is 0 Å². The number of hydrogen-bond acceptors (Lipinski definition) is 4. The molecule has 0 saturated carbocycles. The molecule has 4 rings (SSSR count). The molecule has 148 valence electrons. The number of nitrogens with zero attached hydrogens (tertiary/aromatic N) is 2. The summed E-state index contributed by atoms with van der Waals surface area (Å²) in [6, 6.07) is 8.13. The summed E-state index contributed by atoms with van der Waals surface area (Å²) in [5, 5.41) is 20.9. The first-order valence-corrected chi connectivity index (χ1v) is 9.29. The molecule has 2 aromatic carbocycles. The molecule has 0 fully saturated rings. The summed E-state index contributed by atoms with van der Waals surface area (Å²) in [6.45, 7) is -0.537. The lowest BCUT2D eigenvalue weighted by atomic mass is 10.1. The van der Waals surface area contributed by atoms with Crippen molar-refractivity contribution in [2.45, 2.75) is 6.04 Å². The monoisotopic (exact) mass is 433 g/mol. The van der Waals surface area contributed by atoms with Crippen LogP contribution >= 0.6 is 23.2 Å². The third-order valence-electron chi connectivity index (χ3n) is 4.66. The quantitative estimate of drug-likeness (QED) is 0.576. The number of rotatable bonds is 4. The van der Waals surface area contributed by atoms with Gasteiger partial charge in [-0.05, 0) is 35.9 Å². The Morgan fingerprint density at radius 1 is 1.24 bits per heavy atom. The van der Waals surface area contributed by atoms with Gasteiger partial charge in [0.2, 0.25) is 5.88 Å². The highest BCUT2D eigenvalue weighted by Gasteiger charge is 2.23. The third kappa shape index (κ3) is 3.48. The van der Waals surface area contributed by atoms with Crippen LogP contribution in [0.5, 0.6) is 5.88 Å². The van der Waals surface area contributed by atoms with Gasteiger partial charge in [0.1, 0.15) is 11.5 Å². The molecule has 3 aromatic rings. The Morgan fingerprint density at radius 2 is 2.03 bits per heavy atom. The van der Waals surface area contributed by atoms with Gasteiger partial charge in [0.25, 0.3) is 0 Å². The van der Waals surface area contributed by atoms with E-state index >= 15 is 0 Å². The number of halogens is 3. The van der Waals surface area contributed by atoms with Crippen LogP contribution in [0.25, 0.3) is 11.6 Å². The smallest absolute Gasteiger partial charge is 0.329 e. The van der Waals surface area contributed by atoms with Crippen LogP contribution < -0.4 is 5.69 Å². The number of benzene rings is 2. The zero-order valence-corrected chi connectivity index (χ0v) is 16.2. The Morgan fingerprint density at radius 3 is 2.76 bits per heavy atom. The molecule has 1 aliphatic rings. The number of aliphatic hydroxyl groups is 1. The van der Waals surface area contributed by atoms with Gasteiger partial charge < -0.3 is 15.2 Å². The molecule has 1 aliphatic heterocycles. The molecule has 0 amide bonds. The predicted octanol–water partition coefficient (Wildman–Crippen LogP) is 4.17. The summed E-state index contributed by atoms with van der Waals surface area (Å²) in [7, 11) is 0. The molecule has 0 bridgehead atoms. The average Bonchev–Trinajstić information content (AvgIpc) is 3.20. The van der Waals surface area contributed by atoms with Crippen molar-refractivity contribution in [3.8, 4) is 5.88 Å². The van der Waals surface area contributed by atoms with Crippen LogP contribution in [-0.2, 0) is 0 Å². The molecule has 1 unspecified atom stereocenters. The summed E-state index contributed by atoms with van der Waals surface area (Å²) >= 11 is 11.7. The van der Waals surface area contributed by atoms with Gasteiger partial charge in [-0.15, -0.1) is 0 Å². The average molecular weight is 434 g/mol. The van der Waals surface area contributed by atoms with Crippen LogP contribution in [0.4, 0.5) is 10.1 Å². The second-order valence-electron chi connectivity index (χ2n) is 6.43. The predicted molar refractivity (Wildman–Crippen MR) is 111 cm³/mol. The first kappa shape index (κ1) is 19.4. The second-order valence-corrected chi connectivity index (χ2v) is 7.27. The number of fused-ring (bicyclic) bond motifs is 1. The molecule has 29 heavy (non-hydrogen) atoms. The third-order valence-corrected chi connectivity index (χ3v) is 5.20. The maximum Gasteiger partial charge on any atom is 0.329 e. The lowest BCUT2D eigenvalue weighted by molar-refractivity contribution is 0.237. The van der Waals surface area contributed by atoms with E-state index in [0.717, 1.165) is 16.2 Å². The van der Waals surface area contributed by atoms with E-state index in [1.807, 2.05) is 0 Å². The maximum absolute atomic E-state index is 13.8. The minimum absolute atomic E-state index is 0.0826. The van der Waals surface area contributed by atoms with Crippen molar-refractivity contribution in [2.75, 3.05) is 6.61 Å². The zero-order chi connectivity index (χ0) is 20.7. The van der Waals surface area contributed by atoms with Crippen LogP contribution in [0.1, 0.15) is 22.9 Å². The Kier molecular flexibility index (Phi) is 5.04. The SMILES string of the molecule is O=c1[nH]c(/C=C2\C=Nc3cc(Cl)ccc32)c(O)n1C(CO)c1ccc(Cl)c(F)c1. The van der Waals surface area contributed by atoms with E-state index in [2.05, 4.69) is 9.98 Å². The van der Waals surface area contributed by atoms with E-state index in [1.54, 1.807) is 30.5 Å². The normalized spacial score (nSPS) is 15.1. The molecular weight excluding hydrogens is 420 g/mol. The van der Waals surface area contributed by atoms with Gasteiger partial charge in [0.15, 0.2) is 0 Å². The van der Waals surface area contributed by atoms with Gasteiger partial charge in [-0.3, -0.25) is 9.56 Å². The highest BCUT2D eigenvalue weighted by molar-refractivity contribution is 6.31. The summed E-state index contributed by atoms with van der Waals surface area (Å²) in [5.74, 6) is -1.09. The molecule has 2 heterocycles. The van der Waals surface area contributed by atoms with E-state index in [9.17, 15) is 19.4 Å². The zero-order valence-electron chi connectivity index (χ0n) is 14.7. The summed E-state index contributed by atoms with van der Waals surface area (Å²) in [6.07, 6.45) is 3.15. The van der Waals surface area contributed by atoms with Crippen molar-refractivity contribution >= 4 is 46.8 Å². The lowest BCUT2D eigenvalue weighted by Gasteiger charge is -2.16. The Hall–Kier alpha value is -2.87. The maximum atomic E-state index is 13.8. The summed E-state index contributed by atoms with van der Waals surface area (Å²) in [4.78, 5) is 19.3. The van der Waals surface area contributed by atoms with Gasteiger partial charge >= 0.3 is 5.69 Å². The van der Waals surface area contributed by atoms with E-state index in [4.69, 9.17) is 23.2 Å². The Labute approximate surface area is 174 Å². The number of hydrogen-bond donors (Lipinski definition) is 3. The molecular formula is C20H14Cl2FN3O3. The molecule has 1 aromatic heterocycles.